The molecule has 2 aromatic rings. The summed E-state index contributed by atoms with van der Waals surface area (Å²) in [6.07, 6.45) is 0.934. The predicted octanol–water partition coefficient (Wildman–Crippen LogP) is 4.42. The SMILES string of the molecule is Cc1ccc(CC(N)CSc2ccc(Br)cc2)cc1. The lowest BCUT2D eigenvalue weighted by Gasteiger charge is -2.11. The molecule has 0 radical (unpaired) electrons. The molecule has 100 valence electrons. The Morgan fingerprint density at radius 2 is 1.68 bits per heavy atom. The van der Waals surface area contributed by atoms with Gasteiger partial charge in [0, 0.05) is 21.2 Å². The van der Waals surface area contributed by atoms with Gasteiger partial charge in [-0.15, -0.1) is 11.8 Å². The van der Waals surface area contributed by atoms with E-state index < -0.39 is 0 Å². The van der Waals surface area contributed by atoms with Gasteiger partial charge in [-0.1, -0.05) is 45.8 Å². The molecule has 0 saturated heterocycles. The molecule has 0 aromatic heterocycles. The van der Waals surface area contributed by atoms with Gasteiger partial charge in [0.05, 0.1) is 0 Å². The summed E-state index contributed by atoms with van der Waals surface area (Å²) in [5, 5.41) is 0. The van der Waals surface area contributed by atoms with Crippen LogP contribution < -0.4 is 5.73 Å². The Balaban J connectivity index is 1.82. The second-order valence-electron chi connectivity index (χ2n) is 4.71. The maximum Gasteiger partial charge on any atom is 0.0176 e. The van der Waals surface area contributed by atoms with E-state index in [1.807, 2.05) is 11.8 Å². The molecule has 0 spiro atoms. The van der Waals surface area contributed by atoms with Gasteiger partial charge in [-0.05, 0) is 43.2 Å². The van der Waals surface area contributed by atoms with Gasteiger partial charge in [-0.2, -0.15) is 0 Å². The fraction of sp³-hybridized carbons (Fsp3) is 0.250. The zero-order valence-electron chi connectivity index (χ0n) is 11.0. The molecular formula is C16H18BrNS. The number of aryl methyl sites for hydroxylation is 1. The topological polar surface area (TPSA) is 26.0 Å². The molecule has 1 atom stereocenters. The molecular weight excluding hydrogens is 318 g/mol. The molecule has 0 bridgehead atoms. The van der Waals surface area contributed by atoms with Gasteiger partial charge in [0.2, 0.25) is 0 Å². The van der Waals surface area contributed by atoms with E-state index in [1.165, 1.54) is 16.0 Å². The number of hydrogen-bond donors (Lipinski definition) is 1. The van der Waals surface area contributed by atoms with Crippen molar-refractivity contribution in [1.82, 2.24) is 0 Å². The van der Waals surface area contributed by atoms with E-state index in [-0.39, 0.29) is 6.04 Å². The molecule has 0 heterocycles. The van der Waals surface area contributed by atoms with Crippen molar-refractivity contribution in [2.75, 3.05) is 5.75 Å². The van der Waals surface area contributed by atoms with Gasteiger partial charge in [-0.3, -0.25) is 0 Å². The first-order chi connectivity index (χ1) is 9.13. The summed E-state index contributed by atoms with van der Waals surface area (Å²) in [5.41, 5.74) is 8.80. The van der Waals surface area contributed by atoms with Crippen LogP contribution in [0.5, 0.6) is 0 Å². The van der Waals surface area contributed by atoms with Crippen LogP contribution in [0.4, 0.5) is 0 Å². The lowest BCUT2D eigenvalue weighted by molar-refractivity contribution is 0.748. The van der Waals surface area contributed by atoms with E-state index in [0.717, 1.165) is 16.6 Å². The number of benzene rings is 2. The Morgan fingerprint density at radius 3 is 2.32 bits per heavy atom. The lowest BCUT2D eigenvalue weighted by atomic mass is 10.1. The second-order valence-corrected chi connectivity index (χ2v) is 6.72. The molecule has 2 N–H and O–H groups in total. The first-order valence-corrected chi connectivity index (χ1v) is 8.11. The maximum atomic E-state index is 6.19. The molecule has 0 aliphatic carbocycles. The quantitative estimate of drug-likeness (QED) is 0.818. The standard InChI is InChI=1S/C16H18BrNS/c1-12-2-4-13(5-3-12)10-15(18)11-19-16-8-6-14(17)7-9-16/h2-9,15H,10-11,18H2,1H3. The Morgan fingerprint density at radius 1 is 1.05 bits per heavy atom. The molecule has 2 aromatic carbocycles. The summed E-state index contributed by atoms with van der Waals surface area (Å²) in [6.45, 7) is 2.10. The minimum Gasteiger partial charge on any atom is -0.327 e. The monoisotopic (exact) mass is 335 g/mol. The molecule has 0 aliphatic rings. The summed E-state index contributed by atoms with van der Waals surface area (Å²) in [5.74, 6) is 0.940. The van der Waals surface area contributed by atoms with Crippen molar-refractivity contribution < 1.29 is 0 Å². The van der Waals surface area contributed by atoms with Gasteiger partial charge in [0.1, 0.15) is 0 Å². The molecule has 19 heavy (non-hydrogen) atoms. The van der Waals surface area contributed by atoms with E-state index in [9.17, 15) is 0 Å². The highest BCUT2D eigenvalue weighted by Crippen LogP contribution is 2.21. The number of thioether (sulfide) groups is 1. The lowest BCUT2D eigenvalue weighted by Crippen LogP contribution is -2.25. The number of nitrogens with two attached hydrogens (primary N) is 1. The van der Waals surface area contributed by atoms with Crippen molar-refractivity contribution in [3.8, 4) is 0 Å². The van der Waals surface area contributed by atoms with Crippen molar-refractivity contribution in [2.24, 2.45) is 5.73 Å². The molecule has 1 nitrogen and oxygen atoms in total. The summed E-state index contributed by atoms with van der Waals surface area (Å²) in [7, 11) is 0. The Bertz CT molecular complexity index is 507. The molecule has 2 rings (SSSR count). The predicted molar refractivity (Wildman–Crippen MR) is 87.7 cm³/mol. The Kier molecular flexibility index (Phi) is 5.49. The zero-order valence-corrected chi connectivity index (χ0v) is 13.4. The minimum absolute atomic E-state index is 0.191. The molecule has 1 unspecified atom stereocenters. The Labute approximate surface area is 127 Å². The highest BCUT2D eigenvalue weighted by molar-refractivity contribution is 9.10. The first kappa shape index (κ1) is 14.6. The van der Waals surface area contributed by atoms with Gasteiger partial charge < -0.3 is 5.73 Å². The zero-order chi connectivity index (χ0) is 13.7. The van der Waals surface area contributed by atoms with Crippen molar-refractivity contribution in [2.45, 2.75) is 24.3 Å². The number of rotatable bonds is 5. The van der Waals surface area contributed by atoms with Crippen molar-refractivity contribution in [3.05, 3.63) is 64.1 Å². The summed E-state index contributed by atoms with van der Waals surface area (Å²) < 4.78 is 1.11. The number of halogens is 1. The van der Waals surface area contributed by atoms with Gasteiger partial charge >= 0.3 is 0 Å². The second kappa shape index (κ2) is 7.13. The molecule has 3 heteroatoms. The van der Waals surface area contributed by atoms with Crippen LogP contribution >= 0.6 is 27.7 Å². The van der Waals surface area contributed by atoms with Crippen LogP contribution in [-0.2, 0) is 6.42 Å². The molecule has 0 fully saturated rings. The van der Waals surface area contributed by atoms with Crippen LogP contribution in [-0.4, -0.2) is 11.8 Å². The third-order valence-electron chi connectivity index (χ3n) is 2.90. The van der Waals surface area contributed by atoms with E-state index in [4.69, 9.17) is 5.73 Å². The molecule has 0 amide bonds. The third kappa shape index (κ3) is 5.01. The average molecular weight is 336 g/mol. The number of hydrogen-bond acceptors (Lipinski definition) is 2. The fourth-order valence-corrected chi connectivity index (χ4v) is 2.94. The van der Waals surface area contributed by atoms with Gasteiger partial charge in [-0.25, -0.2) is 0 Å². The van der Waals surface area contributed by atoms with Crippen LogP contribution in [0.1, 0.15) is 11.1 Å². The smallest absolute Gasteiger partial charge is 0.0176 e. The van der Waals surface area contributed by atoms with Gasteiger partial charge in [0.15, 0.2) is 0 Å². The van der Waals surface area contributed by atoms with Crippen LogP contribution in [0.2, 0.25) is 0 Å². The van der Waals surface area contributed by atoms with Crippen molar-refractivity contribution in [1.29, 1.82) is 0 Å². The summed E-state index contributed by atoms with van der Waals surface area (Å²) in [4.78, 5) is 1.27. The normalized spacial score (nSPS) is 12.4. The average Bonchev–Trinajstić information content (AvgIpc) is 2.41. The van der Waals surface area contributed by atoms with E-state index in [1.54, 1.807) is 0 Å². The van der Waals surface area contributed by atoms with Crippen LogP contribution in [0.3, 0.4) is 0 Å². The fourth-order valence-electron chi connectivity index (χ4n) is 1.82. The van der Waals surface area contributed by atoms with Crippen LogP contribution in [0, 0.1) is 6.92 Å². The van der Waals surface area contributed by atoms with Crippen LogP contribution in [0.25, 0.3) is 0 Å². The van der Waals surface area contributed by atoms with E-state index in [2.05, 4.69) is 71.4 Å². The highest BCUT2D eigenvalue weighted by Gasteiger charge is 2.05. The maximum absolute atomic E-state index is 6.19. The van der Waals surface area contributed by atoms with E-state index >= 15 is 0 Å². The highest BCUT2D eigenvalue weighted by atomic mass is 79.9. The van der Waals surface area contributed by atoms with Crippen LogP contribution in [0.15, 0.2) is 57.9 Å². The van der Waals surface area contributed by atoms with E-state index in [0.29, 0.717) is 0 Å². The largest absolute Gasteiger partial charge is 0.327 e. The first-order valence-electron chi connectivity index (χ1n) is 6.33. The third-order valence-corrected chi connectivity index (χ3v) is 4.63. The van der Waals surface area contributed by atoms with Gasteiger partial charge in [0.25, 0.3) is 0 Å². The molecule has 0 aliphatic heterocycles. The summed E-state index contributed by atoms with van der Waals surface area (Å²) in [6, 6.07) is 17.2. The van der Waals surface area contributed by atoms with Crippen molar-refractivity contribution in [3.63, 3.8) is 0 Å². The van der Waals surface area contributed by atoms with Crippen molar-refractivity contribution >= 4 is 27.7 Å². The molecule has 0 saturated carbocycles. The Hall–Kier alpha value is -0.770. The summed E-state index contributed by atoms with van der Waals surface area (Å²) >= 11 is 5.26. The minimum atomic E-state index is 0.191.